The first-order valence-electron chi connectivity index (χ1n) is 11.8. The molecule has 4 aromatic rings. The number of likely N-dealkylation sites (N-methyl/N-ethyl adjacent to an activating group) is 1. The first-order chi connectivity index (χ1) is 17.3. The molecule has 36 heavy (non-hydrogen) atoms. The molecule has 1 fully saturated rings. The zero-order valence-corrected chi connectivity index (χ0v) is 20.9. The molecular formula is C26H29N7O3. The third-order valence-corrected chi connectivity index (χ3v) is 6.91. The monoisotopic (exact) mass is 487 g/mol. The highest BCUT2D eigenvalue weighted by Crippen LogP contribution is 2.43. The zero-order valence-electron chi connectivity index (χ0n) is 20.9. The summed E-state index contributed by atoms with van der Waals surface area (Å²) in [5.74, 6) is 0.589. The van der Waals surface area contributed by atoms with E-state index in [1.54, 1.807) is 19.2 Å². The molecule has 1 aliphatic rings. The summed E-state index contributed by atoms with van der Waals surface area (Å²) in [6.45, 7) is 4.97. The Morgan fingerprint density at radius 3 is 2.36 bits per heavy atom. The van der Waals surface area contributed by atoms with Gasteiger partial charge in [0.25, 0.3) is 5.69 Å². The van der Waals surface area contributed by atoms with Gasteiger partial charge in [-0.2, -0.15) is 0 Å². The highest BCUT2D eigenvalue weighted by atomic mass is 16.6. The van der Waals surface area contributed by atoms with Gasteiger partial charge in [0.05, 0.1) is 23.4 Å². The standard InChI is InChI=1S/C26H29N7O3/c1-16-24(28-26(27)29-25(16)19-15-31(3)20-8-6-5-7-17(19)20)18-13-22(33(34)35)21(14-23(18)36-4)32-11-9-30(2)10-12-32/h5-8,13-15H,9-12H2,1-4H3,(H2,27,28,29). The average molecular weight is 488 g/mol. The summed E-state index contributed by atoms with van der Waals surface area (Å²) in [5.41, 5.74) is 11.2. The summed E-state index contributed by atoms with van der Waals surface area (Å²) in [7, 11) is 5.59. The number of hydrogen-bond donors (Lipinski definition) is 1. The number of aromatic nitrogens is 3. The Morgan fingerprint density at radius 2 is 1.69 bits per heavy atom. The van der Waals surface area contributed by atoms with E-state index in [2.05, 4.69) is 14.9 Å². The number of fused-ring (bicyclic) bond motifs is 1. The number of nitro groups is 1. The lowest BCUT2D eigenvalue weighted by Crippen LogP contribution is -2.44. The number of aryl methyl sites for hydroxylation is 1. The topological polar surface area (TPSA) is 116 Å². The molecule has 0 amide bonds. The number of benzene rings is 2. The van der Waals surface area contributed by atoms with Crippen LogP contribution in [0, 0.1) is 17.0 Å². The fourth-order valence-electron chi connectivity index (χ4n) is 4.95. The molecule has 0 atom stereocenters. The molecule has 5 rings (SSSR count). The Bertz CT molecular complexity index is 1470. The third-order valence-electron chi connectivity index (χ3n) is 6.91. The summed E-state index contributed by atoms with van der Waals surface area (Å²) < 4.78 is 7.78. The second kappa shape index (κ2) is 9.12. The van der Waals surface area contributed by atoms with Gasteiger partial charge in [0.15, 0.2) is 0 Å². The van der Waals surface area contributed by atoms with Crippen LogP contribution in [-0.2, 0) is 7.05 Å². The first kappa shape index (κ1) is 23.6. The van der Waals surface area contributed by atoms with E-state index in [1.807, 2.05) is 60.9 Å². The minimum atomic E-state index is -0.345. The van der Waals surface area contributed by atoms with Crippen LogP contribution in [0.2, 0.25) is 0 Å². The molecule has 3 heterocycles. The van der Waals surface area contributed by atoms with Gasteiger partial charge >= 0.3 is 0 Å². The second-order valence-electron chi connectivity index (χ2n) is 9.16. The van der Waals surface area contributed by atoms with E-state index in [4.69, 9.17) is 10.5 Å². The van der Waals surface area contributed by atoms with E-state index in [-0.39, 0.29) is 16.6 Å². The van der Waals surface area contributed by atoms with Crippen molar-refractivity contribution in [3.8, 4) is 28.3 Å². The number of anilines is 2. The predicted molar refractivity (Wildman–Crippen MR) is 141 cm³/mol. The van der Waals surface area contributed by atoms with Crippen molar-refractivity contribution in [3.05, 3.63) is 58.3 Å². The Kier molecular flexibility index (Phi) is 5.97. The maximum atomic E-state index is 12.2. The van der Waals surface area contributed by atoms with Gasteiger partial charge in [-0.1, -0.05) is 18.2 Å². The number of ether oxygens (including phenoxy) is 1. The molecule has 2 aromatic carbocycles. The molecule has 1 aliphatic heterocycles. The number of nitrogen functional groups attached to an aromatic ring is 1. The van der Waals surface area contributed by atoms with E-state index in [0.29, 0.717) is 41.5 Å². The lowest BCUT2D eigenvalue weighted by Gasteiger charge is -2.34. The van der Waals surface area contributed by atoms with E-state index in [1.165, 1.54) is 0 Å². The molecular weight excluding hydrogens is 458 g/mol. The molecule has 0 aliphatic carbocycles. The molecule has 10 heteroatoms. The van der Waals surface area contributed by atoms with Gasteiger partial charge in [-0.05, 0) is 20.0 Å². The van der Waals surface area contributed by atoms with E-state index >= 15 is 0 Å². The van der Waals surface area contributed by atoms with Crippen LogP contribution in [-0.4, -0.2) is 64.7 Å². The van der Waals surface area contributed by atoms with Crippen molar-refractivity contribution in [2.75, 3.05) is 51.0 Å². The van der Waals surface area contributed by atoms with Crippen molar-refractivity contribution in [1.82, 2.24) is 19.4 Å². The lowest BCUT2D eigenvalue weighted by atomic mass is 9.99. The normalized spacial score (nSPS) is 14.4. The molecule has 2 aromatic heterocycles. The highest BCUT2D eigenvalue weighted by Gasteiger charge is 2.28. The van der Waals surface area contributed by atoms with Crippen molar-refractivity contribution >= 4 is 28.2 Å². The van der Waals surface area contributed by atoms with Gasteiger partial charge in [0.2, 0.25) is 5.95 Å². The summed E-state index contributed by atoms with van der Waals surface area (Å²) in [5, 5.41) is 13.2. The maximum Gasteiger partial charge on any atom is 0.293 e. The van der Waals surface area contributed by atoms with Crippen molar-refractivity contribution in [1.29, 1.82) is 0 Å². The van der Waals surface area contributed by atoms with Gasteiger partial charge in [0.1, 0.15) is 11.4 Å². The quantitative estimate of drug-likeness (QED) is 0.333. The molecule has 2 N–H and O–H groups in total. The largest absolute Gasteiger partial charge is 0.496 e. The second-order valence-corrected chi connectivity index (χ2v) is 9.16. The van der Waals surface area contributed by atoms with Crippen LogP contribution in [0.25, 0.3) is 33.4 Å². The number of methoxy groups -OCH3 is 1. The summed E-state index contributed by atoms with van der Waals surface area (Å²) in [4.78, 5) is 25.1. The number of nitrogens with two attached hydrogens (primary N) is 1. The molecule has 0 saturated carbocycles. The minimum absolute atomic E-state index is 0.0126. The molecule has 0 bridgehead atoms. The maximum absolute atomic E-state index is 12.2. The van der Waals surface area contributed by atoms with Crippen LogP contribution in [0.15, 0.2) is 42.6 Å². The molecule has 0 spiro atoms. The number of piperazine rings is 1. The number of hydrogen-bond acceptors (Lipinski definition) is 8. The average Bonchev–Trinajstić information content (AvgIpc) is 3.21. The van der Waals surface area contributed by atoms with Gasteiger partial charge in [-0.15, -0.1) is 0 Å². The smallest absolute Gasteiger partial charge is 0.293 e. The lowest BCUT2D eigenvalue weighted by molar-refractivity contribution is -0.384. The van der Waals surface area contributed by atoms with Crippen LogP contribution in [0.1, 0.15) is 5.56 Å². The summed E-state index contributed by atoms with van der Waals surface area (Å²) in [6, 6.07) is 11.4. The number of rotatable bonds is 5. The van der Waals surface area contributed by atoms with Crippen LogP contribution in [0.3, 0.4) is 0 Å². The zero-order chi connectivity index (χ0) is 25.6. The highest BCUT2D eigenvalue weighted by molar-refractivity contribution is 5.97. The summed E-state index contributed by atoms with van der Waals surface area (Å²) in [6.07, 6.45) is 2.01. The van der Waals surface area contributed by atoms with Crippen LogP contribution in [0.4, 0.5) is 17.3 Å². The molecule has 0 unspecified atom stereocenters. The van der Waals surface area contributed by atoms with Gasteiger partial charge in [-0.3, -0.25) is 10.1 Å². The minimum Gasteiger partial charge on any atom is -0.496 e. The molecule has 186 valence electrons. The number of para-hydroxylation sites is 1. The van der Waals surface area contributed by atoms with Crippen molar-refractivity contribution in [2.45, 2.75) is 6.92 Å². The Morgan fingerprint density at radius 1 is 1.03 bits per heavy atom. The first-order valence-corrected chi connectivity index (χ1v) is 11.8. The van der Waals surface area contributed by atoms with Crippen molar-refractivity contribution in [3.63, 3.8) is 0 Å². The molecule has 10 nitrogen and oxygen atoms in total. The van der Waals surface area contributed by atoms with Crippen LogP contribution < -0.4 is 15.4 Å². The van der Waals surface area contributed by atoms with E-state index < -0.39 is 0 Å². The van der Waals surface area contributed by atoms with Crippen LogP contribution in [0.5, 0.6) is 5.75 Å². The third kappa shape index (κ3) is 3.99. The van der Waals surface area contributed by atoms with Crippen molar-refractivity contribution < 1.29 is 9.66 Å². The fraction of sp³-hybridized carbons (Fsp3) is 0.308. The predicted octanol–water partition coefficient (Wildman–Crippen LogP) is 3.86. The van der Waals surface area contributed by atoms with E-state index in [9.17, 15) is 10.1 Å². The van der Waals surface area contributed by atoms with Crippen LogP contribution >= 0.6 is 0 Å². The molecule has 1 saturated heterocycles. The van der Waals surface area contributed by atoms with Gasteiger partial charge in [-0.25, -0.2) is 9.97 Å². The fourth-order valence-corrected chi connectivity index (χ4v) is 4.95. The Hall–Kier alpha value is -4.18. The van der Waals surface area contributed by atoms with Gasteiger partial charge < -0.3 is 24.8 Å². The Labute approximate surface area is 209 Å². The Balaban J connectivity index is 1.70. The SMILES string of the molecule is COc1cc(N2CCN(C)CC2)c([N+](=O)[O-])cc1-c1nc(N)nc(-c2cn(C)c3ccccc23)c1C. The van der Waals surface area contributed by atoms with Gasteiger partial charge in [0, 0.05) is 79.1 Å². The number of nitro benzene ring substituents is 1. The summed E-state index contributed by atoms with van der Waals surface area (Å²) >= 11 is 0. The number of nitrogens with zero attached hydrogens (tertiary/aromatic N) is 6. The molecule has 0 radical (unpaired) electrons. The van der Waals surface area contributed by atoms with Crippen molar-refractivity contribution in [2.24, 2.45) is 7.05 Å². The van der Waals surface area contributed by atoms with E-state index in [0.717, 1.165) is 35.1 Å².